The van der Waals surface area contributed by atoms with Crippen molar-refractivity contribution in [2.75, 3.05) is 34.2 Å². The minimum Gasteiger partial charge on any atom is -0.357 e. The molecule has 1 aromatic carbocycles. The van der Waals surface area contributed by atoms with E-state index in [1.54, 1.807) is 26.0 Å². The van der Waals surface area contributed by atoms with E-state index in [0.717, 1.165) is 36.6 Å². The number of aliphatic imine (C=N–C) groups is 1. The van der Waals surface area contributed by atoms with Gasteiger partial charge in [-0.05, 0) is 31.0 Å². The van der Waals surface area contributed by atoms with Gasteiger partial charge in [0.2, 0.25) is 0 Å². The van der Waals surface area contributed by atoms with Gasteiger partial charge in [0.05, 0.1) is 0 Å². The average molecular weight is 404 g/mol. The van der Waals surface area contributed by atoms with E-state index >= 15 is 0 Å². The predicted molar refractivity (Wildman–Crippen MR) is 98.6 cm³/mol. The maximum Gasteiger partial charge on any atom is 0.253 e. The van der Waals surface area contributed by atoms with E-state index in [1.807, 2.05) is 31.2 Å². The van der Waals surface area contributed by atoms with E-state index in [2.05, 4.69) is 15.6 Å². The lowest BCUT2D eigenvalue weighted by atomic mass is 10.1. The highest BCUT2D eigenvalue weighted by molar-refractivity contribution is 14.0. The number of carbonyl (C=O) groups excluding carboxylic acids is 1. The number of guanidine groups is 1. The van der Waals surface area contributed by atoms with Gasteiger partial charge in [0, 0.05) is 39.8 Å². The highest BCUT2D eigenvalue weighted by atomic mass is 127. The van der Waals surface area contributed by atoms with Crippen molar-refractivity contribution in [1.29, 1.82) is 0 Å². The maximum atomic E-state index is 11.9. The molecule has 0 saturated heterocycles. The Morgan fingerprint density at radius 2 is 2.00 bits per heavy atom. The zero-order valence-corrected chi connectivity index (χ0v) is 15.5. The molecule has 1 amide bonds. The third-order valence-electron chi connectivity index (χ3n) is 2.85. The average Bonchev–Trinajstić information content (AvgIpc) is 2.45. The number of rotatable bonds is 5. The summed E-state index contributed by atoms with van der Waals surface area (Å²) in [5, 5.41) is 6.38. The Bertz CT molecular complexity index is 474. The number of halogens is 1. The zero-order valence-electron chi connectivity index (χ0n) is 13.1. The lowest BCUT2D eigenvalue weighted by Gasteiger charge is -2.12. The monoisotopic (exact) mass is 404 g/mol. The number of hydrogen-bond acceptors (Lipinski definition) is 2. The lowest BCUT2D eigenvalue weighted by Crippen LogP contribution is -2.38. The summed E-state index contributed by atoms with van der Waals surface area (Å²) in [5.41, 5.74) is 1.86. The van der Waals surface area contributed by atoms with E-state index in [0.29, 0.717) is 0 Å². The smallest absolute Gasteiger partial charge is 0.253 e. The quantitative estimate of drug-likeness (QED) is 0.447. The van der Waals surface area contributed by atoms with E-state index in [4.69, 9.17) is 0 Å². The number of hydrogen-bond donors (Lipinski definition) is 2. The molecule has 0 bridgehead atoms. The van der Waals surface area contributed by atoms with E-state index in [9.17, 15) is 4.79 Å². The first-order valence-corrected chi connectivity index (χ1v) is 6.83. The molecule has 1 rings (SSSR count). The van der Waals surface area contributed by atoms with E-state index in [-0.39, 0.29) is 29.9 Å². The van der Waals surface area contributed by atoms with Crippen LogP contribution in [0.1, 0.15) is 22.8 Å². The van der Waals surface area contributed by atoms with Gasteiger partial charge in [0.25, 0.3) is 5.91 Å². The van der Waals surface area contributed by atoms with Gasteiger partial charge in [-0.25, -0.2) is 0 Å². The fraction of sp³-hybridized carbons (Fsp3) is 0.467. The number of carbonyl (C=O) groups is 1. The molecule has 0 heterocycles. The number of nitrogens with one attached hydrogen (secondary N) is 2. The van der Waals surface area contributed by atoms with Crippen molar-refractivity contribution in [3.63, 3.8) is 0 Å². The van der Waals surface area contributed by atoms with Crippen LogP contribution in [0.3, 0.4) is 0 Å². The van der Waals surface area contributed by atoms with Crippen LogP contribution in [0.15, 0.2) is 29.3 Å². The van der Waals surface area contributed by atoms with Gasteiger partial charge in [0.15, 0.2) is 5.96 Å². The molecule has 0 aliphatic heterocycles. The summed E-state index contributed by atoms with van der Waals surface area (Å²) in [5.74, 6) is 0.830. The molecular weight excluding hydrogens is 379 g/mol. The van der Waals surface area contributed by atoms with Crippen molar-refractivity contribution in [3.05, 3.63) is 35.4 Å². The SMILES string of the molecule is CCNC(=NC)NCCc1cccc(C(=O)N(C)C)c1.I. The molecule has 0 spiro atoms. The lowest BCUT2D eigenvalue weighted by molar-refractivity contribution is 0.0827. The Morgan fingerprint density at radius 3 is 2.57 bits per heavy atom. The summed E-state index contributed by atoms with van der Waals surface area (Å²) in [6.45, 7) is 3.65. The second-order valence-corrected chi connectivity index (χ2v) is 4.68. The van der Waals surface area contributed by atoms with Gasteiger partial charge in [-0.2, -0.15) is 0 Å². The highest BCUT2D eigenvalue weighted by Gasteiger charge is 2.07. The Labute approximate surface area is 144 Å². The van der Waals surface area contributed by atoms with Crippen LogP contribution in [-0.2, 0) is 6.42 Å². The minimum atomic E-state index is 0. The van der Waals surface area contributed by atoms with Crippen LogP contribution in [0, 0.1) is 0 Å². The molecule has 0 radical (unpaired) electrons. The van der Waals surface area contributed by atoms with Gasteiger partial charge in [-0.15, -0.1) is 24.0 Å². The summed E-state index contributed by atoms with van der Waals surface area (Å²) in [7, 11) is 5.27. The third-order valence-corrected chi connectivity index (χ3v) is 2.85. The molecular formula is C15H25IN4O. The number of benzene rings is 1. The molecule has 0 aliphatic carbocycles. The Hall–Kier alpha value is -1.31. The van der Waals surface area contributed by atoms with Crippen LogP contribution in [0.4, 0.5) is 0 Å². The van der Waals surface area contributed by atoms with Crippen LogP contribution >= 0.6 is 24.0 Å². The molecule has 118 valence electrons. The van der Waals surface area contributed by atoms with Gasteiger partial charge in [0.1, 0.15) is 0 Å². The van der Waals surface area contributed by atoms with Gasteiger partial charge in [-0.3, -0.25) is 9.79 Å². The summed E-state index contributed by atoms with van der Waals surface area (Å²) in [6, 6.07) is 7.74. The van der Waals surface area contributed by atoms with Gasteiger partial charge in [-0.1, -0.05) is 12.1 Å². The second kappa shape index (κ2) is 10.4. The van der Waals surface area contributed by atoms with E-state index in [1.165, 1.54) is 0 Å². The van der Waals surface area contributed by atoms with Crippen molar-refractivity contribution in [3.8, 4) is 0 Å². The van der Waals surface area contributed by atoms with Crippen LogP contribution < -0.4 is 10.6 Å². The van der Waals surface area contributed by atoms with Gasteiger partial charge < -0.3 is 15.5 Å². The van der Waals surface area contributed by atoms with Crippen molar-refractivity contribution in [2.45, 2.75) is 13.3 Å². The standard InChI is InChI=1S/C15H24N4O.HI/c1-5-17-15(16-2)18-10-9-12-7-6-8-13(11-12)14(20)19(3)4;/h6-8,11H,5,9-10H2,1-4H3,(H2,16,17,18);1H. The number of nitrogens with zero attached hydrogens (tertiary/aromatic N) is 2. The minimum absolute atomic E-state index is 0. The third kappa shape index (κ3) is 6.79. The van der Waals surface area contributed by atoms with Crippen LogP contribution in [0.5, 0.6) is 0 Å². The fourth-order valence-corrected chi connectivity index (χ4v) is 1.83. The molecule has 0 unspecified atom stereocenters. The van der Waals surface area contributed by atoms with Crippen LogP contribution in [0.2, 0.25) is 0 Å². The Kier molecular flexibility index (Phi) is 9.77. The molecule has 0 atom stereocenters. The fourth-order valence-electron chi connectivity index (χ4n) is 1.83. The molecule has 6 heteroatoms. The van der Waals surface area contributed by atoms with Crippen molar-refractivity contribution in [2.24, 2.45) is 4.99 Å². The van der Waals surface area contributed by atoms with E-state index < -0.39 is 0 Å². The van der Waals surface area contributed by atoms with Gasteiger partial charge >= 0.3 is 0 Å². The summed E-state index contributed by atoms with van der Waals surface area (Å²) >= 11 is 0. The molecule has 2 N–H and O–H groups in total. The van der Waals surface area contributed by atoms with Crippen LogP contribution in [0.25, 0.3) is 0 Å². The van der Waals surface area contributed by atoms with Crippen molar-refractivity contribution < 1.29 is 4.79 Å². The zero-order chi connectivity index (χ0) is 15.0. The molecule has 0 saturated carbocycles. The molecule has 0 fully saturated rings. The van der Waals surface area contributed by atoms with Crippen molar-refractivity contribution in [1.82, 2.24) is 15.5 Å². The molecule has 1 aromatic rings. The molecule has 21 heavy (non-hydrogen) atoms. The summed E-state index contributed by atoms with van der Waals surface area (Å²) < 4.78 is 0. The summed E-state index contributed by atoms with van der Waals surface area (Å²) in [4.78, 5) is 17.6. The maximum absolute atomic E-state index is 11.9. The molecule has 0 aliphatic rings. The Morgan fingerprint density at radius 1 is 1.29 bits per heavy atom. The summed E-state index contributed by atoms with van der Waals surface area (Å²) in [6.07, 6.45) is 0.846. The normalized spacial score (nSPS) is 10.6. The molecule has 5 nitrogen and oxygen atoms in total. The first-order chi connectivity index (χ1) is 9.58. The van der Waals surface area contributed by atoms with Crippen LogP contribution in [-0.4, -0.2) is 51.0 Å². The predicted octanol–water partition coefficient (Wildman–Crippen LogP) is 1.73. The topological polar surface area (TPSA) is 56.7 Å². The molecule has 0 aromatic heterocycles. The number of amides is 1. The first kappa shape index (κ1) is 19.7. The largest absolute Gasteiger partial charge is 0.357 e. The Balaban J connectivity index is 0.00000400. The highest BCUT2D eigenvalue weighted by Crippen LogP contribution is 2.07. The second-order valence-electron chi connectivity index (χ2n) is 4.68. The van der Waals surface area contributed by atoms with Crippen molar-refractivity contribution >= 4 is 35.8 Å². The first-order valence-electron chi connectivity index (χ1n) is 6.83.